The largest absolute Gasteiger partial charge is 0.246 e. The SMILES string of the molecule is CC(C)(C)c1csc(CC2(C#N)CCS(=O)(=O)C2)n1. The van der Waals surface area contributed by atoms with Crippen LogP contribution in [-0.2, 0) is 21.7 Å². The Morgan fingerprint density at radius 3 is 2.63 bits per heavy atom. The molecule has 104 valence electrons. The molecule has 19 heavy (non-hydrogen) atoms. The average molecular weight is 298 g/mol. The zero-order chi connectivity index (χ0) is 14.3. The molecule has 1 aromatic rings. The highest BCUT2D eigenvalue weighted by atomic mass is 32.2. The molecular formula is C13H18N2O2S2. The summed E-state index contributed by atoms with van der Waals surface area (Å²) in [5.74, 6) is 0.0962. The quantitative estimate of drug-likeness (QED) is 0.840. The molecule has 1 aromatic heterocycles. The Hall–Kier alpha value is -0.930. The van der Waals surface area contributed by atoms with E-state index in [-0.39, 0.29) is 16.9 Å². The average Bonchev–Trinajstić information content (AvgIpc) is 2.84. The number of thiazole rings is 1. The molecule has 0 bridgehead atoms. The summed E-state index contributed by atoms with van der Waals surface area (Å²) in [6.07, 6.45) is 0.875. The van der Waals surface area contributed by atoms with Crippen LogP contribution in [0, 0.1) is 16.7 Å². The molecule has 1 unspecified atom stereocenters. The lowest BCUT2D eigenvalue weighted by molar-refractivity contribution is 0.448. The van der Waals surface area contributed by atoms with Gasteiger partial charge in [-0.2, -0.15) is 5.26 Å². The van der Waals surface area contributed by atoms with Crippen LogP contribution in [0.25, 0.3) is 0 Å². The molecule has 6 heteroatoms. The van der Waals surface area contributed by atoms with E-state index >= 15 is 0 Å². The fourth-order valence-electron chi connectivity index (χ4n) is 2.21. The molecule has 0 aliphatic carbocycles. The molecule has 1 aliphatic heterocycles. The van der Waals surface area contributed by atoms with Gasteiger partial charge >= 0.3 is 0 Å². The molecule has 0 N–H and O–H groups in total. The van der Waals surface area contributed by atoms with Crippen molar-refractivity contribution in [1.29, 1.82) is 5.26 Å². The minimum absolute atomic E-state index is 0.0176. The van der Waals surface area contributed by atoms with Gasteiger partial charge in [0, 0.05) is 17.2 Å². The van der Waals surface area contributed by atoms with Gasteiger partial charge in [0.2, 0.25) is 0 Å². The Morgan fingerprint density at radius 1 is 1.53 bits per heavy atom. The first-order valence-corrected chi connectivity index (χ1v) is 8.93. The van der Waals surface area contributed by atoms with Crippen LogP contribution in [0.2, 0.25) is 0 Å². The number of nitrogens with zero attached hydrogens (tertiary/aromatic N) is 2. The number of sulfone groups is 1. The Kier molecular flexibility index (Phi) is 3.48. The third-order valence-corrected chi connectivity index (χ3v) is 6.10. The minimum Gasteiger partial charge on any atom is -0.246 e. The zero-order valence-electron chi connectivity index (χ0n) is 11.4. The van der Waals surface area contributed by atoms with Crippen LogP contribution < -0.4 is 0 Å². The molecule has 1 saturated heterocycles. The summed E-state index contributed by atoms with van der Waals surface area (Å²) >= 11 is 1.52. The fourth-order valence-corrected chi connectivity index (χ4v) is 5.37. The third kappa shape index (κ3) is 3.15. The van der Waals surface area contributed by atoms with E-state index in [1.54, 1.807) is 0 Å². The van der Waals surface area contributed by atoms with Crippen molar-refractivity contribution in [3.8, 4) is 6.07 Å². The topological polar surface area (TPSA) is 70.8 Å². The van der Waals surface area contributed by atoms with Crippen LogP contribution in [0.1, 0.15) is 37.9 Å². The number of hydrogen-bond donors (Lipinski definition) is 0. The van der Waals surface area contributed by atoms with Crippen molar-refractivity contribution < 1.29 is 8.42 Å². The highest BCUT2D eigenvalue weighted by Gasteiger charge is 2.43. The molecule has 0 amide bonds. The summed E-state index contributed by atoms with van der Waals surface area (Å²) in [6, 6.07) is 2.22. The first-order valence-electron chi connectivity index (χ1n) is 6.22. The van der Waals surface area contributed by atoms with Gasteiger partial charge in [-0.3, -0.25) is 0 Å². The standard InChI is InChI=1S/C13H18N2O2S2/c1-12(2,3)10-7-18-11(15-10)6-13(8-14)4-5-19(16,17)9-13/h7H,4-6,9H2,1-3H3. The Bertz CT molecular complexity index is 620. The van der Waals surface area contributed by atoms with Gasteiger partial charge in [0.15, 0.2) is 9.84 Å². The van der Waals surface area contributed by atoms with Crippen molar-refractivity contribution >= 4 is 21.2 Å². The van der Waals surface area contributed by atoms with Crippen molar-refractivity contribution in [1.82, 2.24) is 4.98 Å². The highest BCUT2D eigenvalue weighted by molar-refractivity contribution is 7.91. The predicted molar refractivity (Wildman–Crippen MR) is 75.8 cm³/mol. The van der Waals surface area contributed by atoms with Crippen molar-refractivity contribution in [2.75, 3.05) is 11.5 Å². The van der Waals surface area contributed by atoms with Gasteiger partial charge in [-0.15, -0.1) is 11.3 Å². The second-order valence-electron chi connectivity index (χ2n) is 6.29. The van der Waals surface area contributed by atoms with E-state index in [0.717, 1.165) is 10.7 Å². The summed E-state index contributed by atoms with van der Waals surface area (Å²) in [7, 11) is -3.05. The van der Waals surface area contributed by atoms with E-state index in [4.69, 9.17) is 0 Å². The Labute approximate surface area is 118 Å². The highest BCUT2D eigenvalue weighted by Crippen LogP contribution is 2.36. The van der Waals surface area contributed by atoms with Crippen LogP contribution in [0.5, 0.6) is 0 Å². The Morgan fingerprint density at radius 2 is 2.21 bits per heavy atom. The van der Waals surface area contributed by atoms with E-state index in [0.29, 0.717) is 12.8 Å². The number of rotatable bonds is 2. The fraction of sp³-hybridized carbons (Fsp3) is 0.692. The van der Waals surface area contributed by atoms with Gasteiger partial charge in [-0.25, -0.2) is 13.4 Å². The maximum atomic E-state index is 11.6. The third-order valence-electron chi connectivity index (χ3n) is 3.43. The van der Waals surface area contributed by atoms with Gasteiger partial charge in [-0.1, -0.05) is 20.8 Å². The van der Waals surface area contributed by atoms with Crippen molar-refractivity contribution in [2.45, 2.75) is 39.0 Å². The monoisotopic (exact) mass is 298 g/mol. The van der Waals surface area contributed by atoms with Gasteiger partial charge in [0.1, 0.15) is 0 Å². The molecule has 1 aliphatic rings. The number of hydrogen-bond acceptors (Lipinski definition) is 5. The van der Waals surface area contributed by atoms with Crippen molar-refractivity contribution in [2.24, 2.45) is 5.41 Å². The Balaban J connectivity index is 2.22. The maximum Gasteiger partial charge on any atom is 0.151 e. The van der Waals surface area contributed by atoms with Crippen molar-refractivity contribution in [3.63, 3.8) is 0 Å². The number of aromatic nitrogens is 1. The molecule has 2 heterocycles. The molecule has 1 atom stereocenters. The van der Waals surface area contributed by atoms with Crippen molar-refractivity contribution in [3.05, 3.63) is 16.1 Å². The van der Waals surface area contributed by atoms with E-state index < -0.39 is 15.3 Å². The van der Waals surface area contributed by atoms with E-state index in [1.807, 2.05) is 5.38 Å². The smallest absolute Gasteiger partial charge is 0.151 e. The molecule has 4 nitrogen and oxygen atoms in total. The van der Waals surface area contributed by atoms with E-state index in [1.165, 1.54) is 11.3 Å². The van der Waals surface area contributed by atoms with Gasteiger partial charge in [0.05, 0.1) is 33.7 Å². The molecule has 0 radical (unpaired) electrons. The van der Waals surface area contributed by atoms with Crippen LogP contribution in [0.15, 0.2) is 5.38 Å². The summed E-state index contributed by atoms with van der Waals surface area (Å²) in [4.78, 5) is 4.56. The van der Waals surface area contributed by atoms with E-state index in [2.05, 4.69) is 31.8 Å². The maximum absolute atomic E-state index is 11.6. The number of nitriles is 1. The normalized spacial score (nSPS) is 26.2. The summed E-state index contributed by atoms with van der Waals surface area (Å²) in [5.41, 5.74) is 0.212. The van der Waals surface area contributed by atoms with Crippen LogP contribution in [-0.4, -0.2) is 24.9 Å². The molecular weight excluding hydrogens is 280 g/mol. The summed E-state index contributed by atoms with van der Waals surface area (Å²) in [6.45, 7) is 6.27. The van der Waals surface area contributed by atoms with Crippen LogP contribution in [0.3, 0.4) is 0 Å². The lowest BCUT2D eigenvalue weighted by Gasteiger charge is -2.17. The predicted octanol–water partition coefficient (Wildman–Crippen LogP) is 2.31. The van der Waals surface area contributed by atoms with Crippen LogP contribution in [0.4, 0.5) is 0 Å². The molecule has 1 fully saturated rings. The first kappa shape index (κ1) is 14.5. The van der Waals surface area contributed by atoms with Gasteiger partial charge in [-0.05, 0) is 6.42 Å². The second-order valence-corrected chi connectivity index (χ2v) is 9.41. The second kappa shape index (κ2) is 4.57. The molecule has 2 rings (SSSR count). The van der Waals surface area contributed by atoms with Gasteiger partial charge in [0.25, 0.3) is 0 Å². The minimum atomic E-state index is -3.05. The van der Waals surface area contributed by atoms with Gasteiger partial charge < -0.3 is 0 Å². The lowest BCUT2D eigenvalue weighted by Crippen LogP contribution is -2.23. The first-order chi connectivity index (χ1) is 8.66. The van der Waals surface area contributed by atoms with E-state index in [9.17, 15) is 13.7 Å². The molecule has 0 saturated carbocycles. The van der Waals surface area contributed by atoms with Crippen LogP contribution >= 0.6 is 11.3 Å². The lowest BCUT2D eigenvalue weighted by atomic mass is 9.86. The molecule has 0 aromatic carbocycles. The summed E-state index contributed by atoms with van der Waals surface area (Å²) in [5, 5.41) is 12.2. The molecule has 0 spiro atoms. The summed E-state index contributed by atoms with van der Waals surface area (Å²) < 4.78 is 23.2. The zero-order valence-corrected chi connectivity index (χ0v) is 13.1.